The van der Waals surface area contributed by atoms with Gasteiger partial charge in [-0.05, 0) is 12.8 Å². The Hall–Kier alpha value is -2.73. The maximum atomic E-state index is 12.2. The number of carboxylic acids is 1. The van der Waals surface area contributed by atoms with E-state index in [-0.39, 0.29) is 5.92 Å². The van der Waals surface area contributed by atoms with Gasteiger partial charge in [0.1, 0.15) is 18.1 Å². The van der Waals surface area contributed by atoms with Gasteiger partial charge in [-0.15, -0.1) is 0 Å². The highest BCUT2D eigenvalue weighted by atomic mass is 16.4. The average molecular weight is 389 g/mol. The number of carbonyl (C=O) groups is 5. The Labute approximate surface area is 156 Å². The molecule has 0 spiro atoms. The molecule has 0 aromatic heterocycles. The minimum absolute atomic E-state index is 0.361. The SMILES string of the molecule is CC(C)C(NC(=O)C(N)C(C)O)C(=O)NCC(=O)NC(CC(N)=O)C(=O)O. The molecule has 0 radical (unpaired) electrons. The van der Waals surface area contributed by atoms with Gasteiger partial charge in [-0.2, -0.15) is 0 Å². The Morgan fingerprint density at radius 3 is 1.96 bits per heavy atom. The second kappa shape index (κ2) is 11.1. The normalized spacial score (nSPS) is 15.2. The number of hydrogen-bond donors (Lipinski definition) is 7. The van der Waals surface area contributed by atoms with Crippen molar-refractivity contribution in [2.75, 3.05) is 6.54 Å². The van der Waals surface area contributed by atoms with Crippen LogP contribution in [0, 0.1) is 5.92 Å². The number of aliphatic hydroxyl groups excluding tert-OH is 1. The maximum absolute atomic E-state index is 12.2. The van der Waals surface area contributed by atoms with Crippen molar-refractivity contribution >= 4 is 29.6 Å². The van der Waals surface area contributed by atoms with E-state index in [9.17, 15) is 29.1 Å². The molecule has 0 saturated heterocycles. The van der Waals surface area contributed by atoms with E-state index >= 15 is 0 Å². The summed E-state index contributed by atoms with van der Waals surface area (Å²) in [5, 5.41) is 24.9. The third kappa shape index (κ3) is 8.96. The lowest BCUT2D eigenvalue weighted by atomic mass is 10.0. The van der Waals surface area contributed by atoms with Gasteiger partial charge < -0.3 is 37.6 Å². The molecular formula is C15H27N5O7. The van der Waals surface area contributed by atoms with Crippen LogP contribution >= 0.6 is 0 Å². The molecule has 0 aromatic carbocycles. The number of aliphatic hydroxyl groups is 1. The van der Waals surface area contributed by atoms with Gasteiger partial charge >= 0.3 is 5.97 Å². The first kappa shape index (κ1) is 24.3. The first-order valence-corrected chi connectivity index (χ1v) is 8.19. The summed E-state index contributed by atoms with van der Waals surface area (Å²) in [6.07, 6.45) is -1.72. The summed E-state index contributed by atoms with van der Waals surface area (Å²) >= 11 is 0. The van der Waals surface area contributed by atoms with E-state index in [0.717, 1.165) is 0 Å². The molecule has 12 nitrogen and oxygen atoms in total. The zero-order valence-corrected chi connectivity index (χ0v) is 15.4. The molecule has 4 atom stereocenters. The van der Waals surface area contributed by atoms with Crippen LogP contribution in [0.5, 0.6) is 0 Å². The van der Waals surface area contributed by atoms with Crippen LogP contribution in [0.2, 0.25) is 0 Å². The van der Waals surface area contributed by atoms with E-state index < -0.39 is 66.8 Å². The van der Waals surface area contributed by atoms with Gasteiger partial charge in [0.05, 0.1) is 19.1 Å². The lowest BCUT2D eigenvalue weighted by Gasteiger charge is -2.24. The number of carboxylic acid groups (broad SMARTS) is 1. The van der Waals surface area contributed by atoms with Crippen LogP contribution in [0.1, 0.15) is 27.2 Å². The highest BCUT2D eigenvalue weighted by Crippen LogP contribution is 2.03. The lowest BCUT2D eigenvalue weighted by Crippen LogP contribution is -2.57. The first-order chi connectivity index (χ1) is 12.4. The van der Waals surface area contributed by atoms with Crippen molar-refractivity contribution in [2.45, 2.75) is 51.4 Å². The van der Waals surface area contributed by atoms with E-state index in [2.05, 4.69) is 16.0 Å². The fourth-order valence-corrected chi connectivity index (χ4v) is 1.93. The third-order valence-electron chi connectivity index (χ3n) is 3.53. The summed E-state index contributed by atoms with van der Waals surface area (Å²) in [6, 6.07) is -3.78. The van der Waals surface area contributed by atoms with Crippen molar-refractivity contribution < 1.29 is 34.2 Å². The van der Waals surface area contributed by atoms with Gasteiger partial charge in [0.2, 0.25) is 23.6 Å². The van der Waals surface area contributed by atoms with Gasteiger partial charge in [-0.1, -0.05) is 13.8 Å². The van der Waals surface area contributed by atoms with Crippen molar-refractivity contribution in [3.05, 3.63) is 0 Å². The molecule has 0 rings (SSSR count). The van der Waals surface area contributed by atoms with Gasteiger partial charge in [0.15, 0.2) is 0 Å². The number of rotatable bonds is 11. The molecule has 0 aliphatic carbocycles. The molecule has 0 aliphatic rings. The molecule has 27 heavy (non-hydrogen) atoms. The molecule has 4 unspecified atom stereocenters. The first-order valence-electron chi connectivity index (χ1n) is 8.19. The fraction of sp³-hybridized carbons (Fsp3) is 0.667. The Morgan fingerprint density at radius 1 is 1.00 bits per heavy atom. The number of carbonyl (C=O) groups excluding carboxylic acids is 4. The summed E-state index contributed by atoms with van der Waals surface area (Å²) in [5.41, 5.74) is 10.4. The van der Waals surface area contributed by atoms with Crippen molar-refractivity contribution in [3.63, 3.8) is 0 Å². The van der Waals surface area contributed by atoms with Crippen LogP contribution in [0.15, 0.2) is 0 Å². The highest BCUT2D eigenvalue weighted by molar-refractivity contribution is 5.93. The molecule has 0 aromatic rings. The molecule has 9 N–H and O–H groups in total. The van der Waals surface area contributed by atoms with Crippen LogP contribution in [-0.4, -0.2) is 70.6 Å². The van der Waals surface area contributed by atoms with Crippen LogP contribution in [0.25, 0.3) is 0 Å². The Bertz CT molecular complexity index is 579. The summed E-state index contributed by atoms with van der Waals surface area (Å²) in [7, 11) is 0. The summed E-state index contributed by atoms with van der Waals surface area (Å²) in [6.45, 7) is 4.03. The standard InChI is InChI=1S/C15H27N5O7/c1-6(2)12(20-13(24)11(17)7(3)21)14(25)18-5-10(23)19-8(15(26)27)4-9(16)22/h6-8,11-12,21H,4-5,17H2,1-3H3,(H2,16,22)(H,18,25)(H,19,23)(H,20,24)(H,26,27). The lowest BCUT2D eigenvalue weighted by molar-refractivity contribution is -0.143. The van der Waals surface area contributed by atoms with Gasteiger partial charge in [0, 0.05) is 0 Å². The summed E-state index contributed by atoms with van der Waals surface area (Å²) < 4.78 is 0. The predicted octanol–water partition coefficient (Wildman–Crippen LogP) is -3.60. The molecule has 0 fully saturated rings. The molecule has 0 heterocycles. The van der Waals surface area contributed by atoms with Gasteiger partial charge in [0.25, 0.3) is 0 Å². The van der Waals surface area contributed by atoms with Crippen molar-refractivity contribution in [1.29, 1.82) is 0 Å². The minimum Gasteiger partial charge on any atom is -0.480 e. The largest absolute Gasteiger partial charge is 0.480 e. The number of hydrogen-bond acceptors (Lipinski definition) is 7. The zero-order valence-electron chi connectivity index (χ0n) is 15.4. The number of primary amides is 1. The summed E-state index contributed by atoms with van der Waals surface area (Å²) in [4.78, 5) is 57.6. The van der Waals surface area contributed by atoms with E-state index in [1.54, 1.807) is 13.8 Å². The van der Waals surface area contributed by atoms with Crippen molar-refractivity contribution in [2.24, 2.45) is 17.4 Å². The maximum Gasteiger partial charge on any atom is 0.326 e. The quantitative estimate of drug-likeness (QED) is 0.187. The minimum atomic E-state index is -1.52. The van der Waals surface area contributed by atoms with Gasteiger partial charge in [-0.25, -0.2) is 4.79 Å². The second-order valence-corrected chi connectivity index (χ2v) is 6.34. The van der Waals surface area contributed by atoms with Crippen LogP contribution in [0.3, 0.4) is 0 Å². The molecule has 154 valence electrons. The summed E-state index contributed by atoms with van der Waals surface area (Å²) in [5.74, 6) is -5.02. The molecule has 4 amide bonds. The molecule has 0 bridgehead atoms. The Morgan fingerprint density at radius 2 is 1.56 bits per heavy atom. The fourth-order valence-electron chi connectivity index (χ4n) is 1.93. The van der Waals surface area contributed by atoms with E-state index in [1.165, 1.54) is 6.92 Å². The molecule has 12 heteroatoms. The average Bonchev–Trinajstić information content (AvgIpc) is 2.54. The van der Waals surface area contributed by atoms with E-state index in [4.69, 9.17) is 16.6 Å². The Kier molecular flexibility index (Phi) is 9.96. The van der Waals surface area contributed by atoms with Crippen molar-refractivity contribution in [1.82, 2.24) is 16.0 Å². The van der Waals surface area contributed by atoms with Crippen LogP contribution < -0.4 is 27.4 Å². The number of nitrogens with two attached hydrogens (primary N) is 2. The number of nitrogens with one attached hydrogen (secondary N) is 3. The molecule has 0 saturated carbocycles. The third-order valence-corrected chi connectivity index (χ3v) is 3.53. The monoisotopic (exact) mass is 389 g/mol. The zero-order chi connectivity index (χ0) is 21.3. The Balaban J connectivity index is 4.77. The predicted molar refractivity (Wildman–Crippen MR) is 92.8 cm³/mol. The van der Waals surface area contributed by atoms with E-state index in [0.29, 0.717) is 0 Å². The smallest absolute Gasteiger partial charge is 0.326 e. The molecule has 0 aliphatic heterocycles. The van der Waals surface area contributed by atoms with Crippen LogP contribution in [-0.2, 0) is 24.0 Å². The highest BCUT2D eigenvalue weighted by Gasteiger charge is 2.29. The van der Waals surface area contributed by atoms with E-state index in [1.807, 2.05) is 0 Å². The number of aliphatic carboxylic acids is 1. The van der Waals surface area contributed by atoms with Crippen LogP contribution in [0.4, 0.5) is 0 Å². The van der Waals surface area contributed by atoms with Gasteiger partial charge in [-0.3, -0.25) is 19.2 Å². The molecular weight excluding hydrogens is 362 g/mol. The van der Waals surface area contributed by atoms with Crippen molar-refractivity contribution in [3.8, 4) is 0 Å². The second-order valence-electron chi connectivity index (χ2n) is 6.34. The number of amides is 4. The topological polar surface area (TPSA) is 214 Å².